The first-order valence-electron chi connectivity index (χ1n) is 4.55. The molecule has 6 heteroatoms. The van der Waals surface area contributed by atoms with E-state index in [2.05, 4.69) is 15.3 Å². The topological polar surface area (TPSA) is 63.3 Å². The van der Waals surface area contributed by atoms with E-state index in [1.165, 1.54) is 0 Å². The molecule has 0 saturated heterocycles. The van der Waals surface area contributed by atoms with Crippen molar-refractivity contribution in [2.45, 2.75) is 33.4 Å². The van der Waals surface area contributed by atoms with Crippen LogP contribution in [0.15, 0.2) is 11.2 Å². The van der Waals surface area contributed by atoms with E-state index in [0.717, 1.165) is 9.88 Å². The Kier molecular flexibility index (Phi) is 6.82. The third kappa shape index (κ3) is 5.93. The zero-order chi connectivity index (χ0) is 10.6. The molecular formula is C9H17IN4S. The van der Waals surface area contributed by atoms with Crippen molar-refractivity contribution in [2.75, 3.05) is 0 Å². The highest BCUT2D eigenvalue weighted by Gasteiger charge is 1.98. The van der Waals surface area contributed by atoms with Gasteiger partial charge in [0.15, 0.2) is 5.96 Å². The number of nitrogens with two attached hydrogens (primary N) is 1. The molecule has 1 heterocycles. The first-order valence-corrected chi connectivity index (χ1v) is 5.37. The smallest absolute Gasteiger partial charge is 0.189 e. The van der Waals surface area contributed by atoms with Crippen LogP contribution in [0.5, 0.6) is 0 Å². The van der Waals surface area contributed by atoms with Crippen molar-refractivity contribution in [3.63, 3.8) is 0 Å². The molecule has 0 spiro atoms. The van der Waals surface area contributed by atoms with Gasteiger partial charge < -0.3 is 11.1 Å². The van der Waals surface area contributed by atoms with Gasteiger partial charge in [-0.3, -0.25) is 0 Å². The molecule has 0 fully saturated rings. The second kappa shape index (κ2) is 7.00. The summed E-state index contributed by atoms with van der Waals surface area (Å²) in [6, 6.07) is 0.321. The normalized spacial score (nSPS) is 11.3. The van der Waals surface area contributed by atoms with Crippen LogP contribution in [0.3, 0.4) is 0 Å². The molecule has 0 aromatic carbocycles. The van der Waals surface area contributed by atoms with E-state index in [4.69, 9.17) is 5.73 Å². The molecule has 86 valence electrons. The molecule has 0 unspecified atom stereocenters. The lowest BCUT2D eigenvalue weighted by atomic mass is 10.4. The van der Waals surface area contributed by atoms with E-state index < -0.39 is 0 Å². The highest BCUT2D eigenvalue weighted by atomic mass is 127. The molecule has 0 atom stereocenters. The number of nitrogens with zero attached hydrogens (tertiary/aromatic N) is 2. The van der Waals surface area contributed by atoms with E-state index in [-0.39, 0.29) is 24.0 Å². The molecule has 4 nitrogen and oxygen atoms in total. The molecule has 3 N–H and O–H groups in total. The molecule has 0 saturated carbocycles. The Morgan fingerprint density at radius 1 is 1.67 bits per heavy atom. The lowest BCUT2D eigenvalue weighted by Crippen LogP contribution is -2.36. The fraction of sp³-hybridized carbons (Fsp3) is 0.556. The number of aromatic nitrogens is 1. The highest BCUT2D eigenvalue weighted by molar-refractivity contribution is 14.0. The van der Waals surface area contributed by atoms with Crippen molar-refractivity contribution in [2.24, 2.45) is 10.7 Å². The van der Waals surface area contributed by atoms with Crippen molar-refractivity contribution >= 4 is 41.3 Å². The average Bonchev–Trinajstić information content (AvgIpc) is 2.47. The number of thiazole rings is 1. The summed E-state index contributed by atoms with van der Waals surface area (Å²) in [4.78, 5) is 9.48. The van der Waals surface area contributed by atoms with Crippen molar-refractivity contribution < 1.29 is 0 Å². The quantitative estimate of drug-likeness (QED) is 0.502. The Bertz CT molecular complexity index is 322. The van der Waals surface area contributed by atoms with Crippen molar-refractivity contribution in [1.82, 2.24) is 10.3 Å². The number of hydrogen-bond donors (Lipinski definition) is 2. The summed E-state index contributed by atoms with van der Waals surface area (Å²) in [5.74, 6) is 0.492. The maximum absolute atomic E-state index is 5.65. The molecule has 0 bridgehead atoms. The van der Waals surface area contributed by atoms with Gasteiger partial charge in [-0.15, -0.1) is 35.3 Å². The molecule has 1 rings (SSSR count). The number of aliphatic imine (C=N–C) groups is 1. The van der Waals surface area contributed by atoms with Gasteiger partial charge in [-0.05, 0) is 20.8 Å². The van der Waals surface area contributed by atoms with Gasteiger partial charge >= 0.3 is 0 Å². The predicted octanol–water partition coefficient (Wildman–Crippen LogP) is 1.88. The number of nitrogens with one attached hydrogen (secondary N) is 1. The largest absolute Gasteiger partial charge is 0.370 e. The number of guanidine groups is 1. The van der Waals surface area contributed by atoms with Gasteiger partial charge in [0.2, 0.25) is 0 Å². The molecular weight excluding hydrogens is 323 g/mol. The van der Waals surface area contributed by atoms with Crippen LogP contribution >= 0.6 is 35.3 Å². The Balaban J connectivity index is 0.00000196. The van der Waals surface area contributed by atoms with Crippen LogP contribution in [0.4, 0.5) is 0 Å². The van der Waals surface area contributed by atoms with Crippen molar-refractivity contribution in [3.05, 3.63) is 16.1 Å². The monoisotopic (exact) mass is 340 g/mol. The van der Waals surface area contributed by atoms with Crippen LogP contribution in [0.1, 0.15) is 23.7 Å². The summed E-state index contributed by atoms with van der Waals surface area (Å²) in [6.45, 7) is 6.64. The van der Waals surface area contributed by atoms with Crippen molar-refractivity contribution in [1.29, 1.82) is 0 Å². The molecule has 1 aromatic heterocycles. The van der Waals surface area contributed by atoms with E-state index in [1.807, 2.05) is 27.0 Å². The lowest BCUT2D eigenvalue weighted by Gasteiger charge is -2.07. The minimum atomic E-state index is 0. The first kappa shape index (κ1) is 14.6. The second-order valence-corrected chi connectivity index (χ2v) is 4.67. The molecule has 0 amide bonds. The molecule has 0 radical (unpaired) electrons. The summed E-state index contributed by atoms with van der Waals surface area (Å²) >= 11 is 1.65. The maximum atomic E-state index is 5.65. The maximum Gasteiger partial charge on any atom is 0.189 e. The summed E-state index contributed by atoms with van der Waals surface area (Å²) in [7, 11) is 0. The molecule has 0 aliphatic rings. The predicted molar refractivity (Wildman–Crippen MR) is 75.9 cm³/mol. The summed E-state index contributed by atoms with van der Waals surface area (Å²) < 4.78 is 0. The van der Waals surface area contributed by atoms with Crippen LogP contribution in [0.2, 0.25) is 0 Å². The summed E-state index contributed by atoms with van der Waals surface area (Å²) in [5, 5.41) is 4.09. The third-order valence-electron chi connectivity index (χ3n) is 1.51. The number of halogens is 1. The van der Waals surface area contributed by atoms with Gasteiger partial charge in [0.1, 0.15) is 0 Å². The van der Waals surface area contributed by atoms with Gasteiger partial charge in [0.05, 0.1) is 11.6 Å². The van der Waals surface area contributed by atoms with E-state index in [1.54, 1.807) is 11.3 Å². The molecule has 0 aliphatic carbocycles. The number of hydrogen-bond acceptors (Lipinski definition) is 3. The van der Waals surface area contributed by atoms with Crippen molar-refractivity contribution in [3.8, 4) is 0 Å². The van der Waals surface area contributed by atoms with Gasteiger partial charge in [-0.2, -0.15) is 0 Å². The standard InChI is InChI=1S/C9H16N4S.HI/c1-6(2)13-9(10)12-5-8-4-11-7(3)14-8;/h4,6H,5H2,1-3H3,(H3,10,12,13);1H. The lowest BCUT2D eigenvalue weighted by molar-refractivity contribution is 0.724. The Morgan fingerprint density at radius 3 is 2.80 bits per heavy atom. The summed E-state index contributed by atoms with van der Waals surface area (Å²) in [5.41, 5.74) is 5.65. The zero-order valence-corrected chi connectivity index (χ0v) is 12.3. The van der Waals surface area contributed by atoms with Crippen LogP contribution in [-0.4, -0.2) is 17.0 Å². The third-order valence-corrected chi connectivity index (χ3v) is 2.41. The second-order valence-electron chi connectivity index (χ2n) is 3.35. The Morgan fingerprint density at radius 2 is 2.33 bits per heavy atom. The van der Waals surface area contributed by atoms with E-state index in [0.29, 0.717) is 18.5 Å². The molecule has 0 aliphatic heterocycles. The fourth-order valence-electron chi connectivity index (χ4n) is 0.983. The summed E-state index contributed by atoms with van der Waals surface area (Å²) in [6.07, 6.45) is 1.84. The van der Waals surface area contributed by atoms with Gasteiger partial charge in [0.25, 0.3) is 0 Å². The molecule has 15 heavy (non-hydrogen) atoms. The SMILES string of the molecule is Cc1ncc(CN=C(N)NC(C)C)s1.I. The Hall–Kier alpha value is -0.370. The first-order chi connectivity index (χ1) is 6.58. The van der Waals surface area contributed by atoms with Crippen LogP contribution in [0.25, 0.3) is 0 Å². The minimum absolute atomic E-state index is 0. The average molecular weight is 340 g/mol. The van der Waals surface area contributed by atoms with E-state index in [9.17, 15) is 0 Å². The van der Waals surface area contributed by atoms with E-state index >= 15 is 0 Å². The number of rotatable bonds is 3. The fourth-order valence-corrected chi connectivity index (χ4v) is 1.70. The zero-order valence-electron chi connectivity index (χ0n) is 9.15. The highest BCUT2D eigenvalue weighted by Crippen LogP contribution is 2.11. The molecule has 1 aromatic rings. The van der Waals surface area contributed by atoms with Crippen LogP contribution in [-0.2, 0) is 6.54 Å². The van der Waals surface area contributed by atoms with Crippen LogP contribution in [0, 0.1) is 6.92 Å². The Labute approximate surface area is 111 Å². The number of aryl methyl sites for hydroxylation is 1. The van der Waals surface area contributed by atoms with Gasteiger partial charge in [-0.25, -0.2) is 9.98 Å². The van der Waals surface area contributed by atoms with Gasteiger partial charge in [0, 0.05) is 17.1 Å². The van der Waals surface area contributed by atoms with Gasteiger partial charge in [-0.1, -0.05) is 0 Å². The van der Waals surface area contributed by atoms with Crippen LogP contribution < -0.4 is 11.1 Å². The minimum Gasteiger partial charge on any atom is -0.370 e.